The molecule has 11 heteroatoms. The SMILES string of the molecule is CC[C@@H](C(=O)NCC(C)C)N(Cc1ccc(Cl)c(Cl)c1)C(=O)CN(c1cccc(Cl)c1C)S(C)(=O)=O. The van der Waals surface area contributed by atoms with E-state index in [-0.39, 0.29) is 18.4 Å². The third-order valence-corrected chi connectivity index (χ3v) is 7.87. The number of nitrogens with one attached hydrogen (secondary N) is 1. The third kappa shape index (κ3) is 8.00. The summed E-state index contributed by atoms with van der Waals surface area (Å²) in [6.45, 7) is 7.40. The number of rotatable bonds is 11. The Morgan fingerprint density at radius 3 is 2.25 bits per heavy atom. The van der Waals surface area contributed by atoms with Gasteiger partial charge in [-0.25, -0.2) is 8.42 Å². The molecule has 0 unspecified atom stereocenters. The number of anilines is 1. The summed E-state index contributed by atoms with van der Waals surface area (Å²) in [7, 11) is -3.86. The normalized spacial score (nSPS) is 12.4. The van der Waals surface area contributed by atoms with Gasteiger partial charge < -0.3 is 10.2 Å². The summed E-state index contributed by atoms with van der Waals surface area (Å²) in [4.78, 5) is 28.2. The second kappa shape index (κ2) is 13.0. The number of hydrogen-bond donors (Lipinski definition) is 1. The Bertz CT molecular complexity index is 1210. The van der Waals surface area contributed by atoms with Crippen molar-refractivity contribution in [2.24, 2.45) is 5.92 Å². The molecule has 0 aliphatic rings. The Morgan fingerprint density at radius 2 is 1.69 bits per heavy atom. The van der Waals surface area contributed by atoms with E-state index in [0.29, 0.717) is 44.8 Å². The molecule has 0 spiro atoms. The summed E-state index contributed by atoms with van der Waals surface area (Å²) in [5.74, 6) is -0.640. The number of carbonyl (C=O) groups excluding carboxylic acids is 2. The van der Waals surface area contributed by atoms with Crippen LogP contribution in [0.3, 0.4) is 0 Å². The lowest BCUT2D eigenvalue weighted by Crippen LogP contribution is -2.52. The Balaban J connectivity index is 2.49. The molecule has 198 valence electrons. The zero-order valence-corrected chi connectivity index (χ0v) is 24.1. The second-order valence-corrected chi connectivity index (χ2v) is 12.1. The zero-order chi connectivity index (χ0) is 27.2. The highest BCUT2D eigenvalue weighted by Crippen LogP contribution is 2.29. The Hall–Kier alpha value is -2.00. The van der Waals surface area contributed by atoms with Crippen LogP contribution in [0.2, 0.25) is 15.1 Å². The number of sulfonamides is 1. The topological polar surface area (TPSA) is 86.8 Å². The van der Waals surface area contributed by atoms with Crippen molar-refractivity contribution in [3.05, 3.63) is 62.6 Å². The molecule has 0 saturated heterocycles. The highest BCUT2D eigenvalue weighted by Gasteiger charge is 2.32. The van der Waals surface area contributed by atoms with Crippen LogP contribution in [-0.4, -0.2) is 50.5 Å². The first-order valence-corrected chi connectivity index (χ1v) is 14.5. The molecular formula is C25H32Cl3N3O4S. The van der Waals surface area contributed by atoms with E-state index in [2.05, 4.69) is 5.32 Å². The van der Waals surface area contributed by atoms with E-state index in [0.717, 1.165) is 10.6 Å². The molecular weight excluding hydrogens is 545 g/mol. The molecule has 0 saturated carbocycles. The first-order chi connectivity index (χ1) is 16.8. The second-order valence-electron chi connectivity index (χ2n) is 8.99. The summed E-state index contributed by atoms with van der Waals surface area (Å²) in [6, 6.07) is 8.97. The van der Waals surface area contributed by atoms with Crippen LogP contribution in [0, 0.1) is 12.8 Å². The van der Waals surface area contributed by atoms with Gasteiger partial charge in [0, 0.05) is 18.1 Å². The highest BCUT2D eigenvalue weighted by atomic mass is 35.5. The molecule has 0 radical (unpaired) electrons. The standard InChI is InChI=1S/C25H32Cl3N3O4S/c1-6-22(25(33)29-13-16(2)3)30(14-18-10-11-20(27)21(28)12-18)24(32)15-31(36(5,34)35)23-9-7-8-19(26)17(23)4/h7-12,16,22H,6,13-15H2,1-5H3,(H,29,33)/t22-/m0/s1. The van der Waals surface area contributed by atoms with Gasteiger partial charge in [0.1, 0.15) is 12.6 Å². The molecule has 0 aliphatic carbocycles. The number of halogens is 3. The van der Waals surface area contributed by atoms with Gasteiger partial charge in [0.15, 0.2) is 0 Å². The smallest absolute Gasteiger partial charge is 0.244 e. The predicted octanol–water partition coefficient (Wildman–Crippen LogP) is 5.30. The van der Waals surface area contributed by atoms with Gasteiger partial charge in [0.05, 0.1) is 22.0 Å². The fourth-order valence-corrected chi connectivity index (χ4v) is 5.03. The fourth-order valence-electron chi connectivity index (χ4n) is 3.64. The van der Waals surface area contributed by atoms with E-state index in [1.54, 1.807) is 50.2 Å². The molecule has 2 rings (SSSR count). The van der Waals surface area contributed by atoms with Gasteiger partial charge in [0.25, 0.3) is 0 Å². The molecule has 1 atom stereocenters. The fraction of sp³-hybridized carbons (Fsp3) is 0.440. The van der Waals surface area contributed by atoms with Crippen LogP contribution in [0.5, 0.6) is 0 Å². The summed E-state index contributed by atoms with van der Waals surface area (Å²) >= 11 is 18.4. The van der Waals surface area contributed by atoms with Gasteiger partial charge in [-0.2, -0.15) is 0 Å². The maximum Gasteiger partial charge on any atom is 0.244 e. The van der Waals surface area contributed by atoms with Crippen molar-refractivity contribution in [1.29, 1.82) is 0 Å². The summed E-state index contributed by atoms with van der Waals surface area (Å²) < 4.78 is 26.5. The Morgan fingerprint density at radius 1 is 1.03 bits per heavy atom. The van der Waals surface area contributed by atoms with Crippen molar-refractivity contribution in [3.8, 4) is 0 Å². The van der Waals surface area contributed by atoms with Crippen molar-refractivity contribution >= 4 is 62.3 Å². The molecule has 36 heavy (non-hydrogen) atoms. The van der Waals surface area contributed by atoms with Crippen molar-refractivity contribution in [2.45, 2.75) is 46.7 Å². The van der Waals surface area contributed by atoms with Gasteiger partial charge in [-0.15, -0.1) is 0 Å². The van der Waals surface area contributed by atoms with Gasteiger partial charge in [0.2, 0.25) is 21.8 Å². The van der Waals surface area contributed by atoms with Crippen LogP contribution in [0.15, 0.2) is 36.4 Å². The van der Waals surface area contributed by atoms with E-state index in [1.165, 1.54) is 4.90 Å². The van der Waals surface area contributed by atoms with Crippen LogP contribution in [0.4, 0.5) is 5.69 Å². The van der Waals surface area contributed by atoms with Crippen LogP contribution in [0.25, 0.3) is 0 Å². The van der Waals surface area contributed by atoms with E-state index < -0.39 is 28.5 Å². The van der Waals surface area contributed by atoms with Gasteiger partial charge >= 0.3 is 0 Å². The molecule has 0 bridgehead atoms. The number of carbonyl (C=O) groups is 2. The molecule has 0 heterocycles. The van der Waals surface area contributed by atoms with Crippen LogP contribution in [0.1, 0.15) is 38.3 Å². The third-order valence-electron chi connectivity index (χ3n) is 5.59. The molecule has 2 aromatic carbocycles. The first kappa shape index (κ1) is 30.2. The molecule has 2 amide bonds. The van der Waals surface area contributed by atoms with Crippen LogP contribution in [-0.2, 0) is 26.2 Å². The van der Waals surface area contributed by atoms with E-state index >= 15 is 0 Å². The number of amides is 2. The zero-order valence-electron chi connectivity index (χ0n) is 21.0. The first-order valence-electron chi connectivity index (χ1n) is 11.5. The minimum absolute atomic E-state index is 0.0372. The lowest BCUT2D eigenvalue weighted by atomic mass is 10.1. The summed E-state index contributed by atoms with van der Waals surface area (Å²) in [6.07, 6.45) is 1.35. The van der Waals surface area contributed by atoms with Gasteiger partial charge in [-0.05, 0) is 54.7 Å². The maximum absolute atomic E-state index is 13.7. The van der Waals surface area contributed by atoms with Gasteiger partial charge in [-0.1, -0.05) is 67.7 Å². The van der Waals surface area contributed by atoms with Crippen molar-refractivity contribution in [1.82, 2.24) is 10.2 Å². The monoisotopic (exact) mass is 575 g/mol. The molecule has 7 nitrogen and oxygen atoms in total. The molecule has 2 aromatic rings. The Labute approximate surface area is 228 Å². The number of nitrogens with zero attached hydrogens (tertiary/aromatic N) is 2. The van der Waals surface area contributed by atoms with E-state index in [1.807, 2.05) is 13.8 Å². The number of hydrogen-bond acceptors (Lipinski definition) is 4. The largest absolute Gasteiger partial charge is 0.354 e. The summed E-state index contributed by atoms with van der Waals surface area (Å²) in [5.41, 5.74) is 1.47. The minimum atomic E-state index is -3.86. The predicted molar refractivity (Wildman–Crippen MR) is 147 cm³/mol. The minimum Gasteiger partial charge on any atom is -0.354 e. The molecule has 1 N–H and O–H groups in total. The lowest BCUT2D eigenvalue weighted by molar-refractivity contribution is -0.140. The van der Waals surface area contributed by atoms with E-state index in [4.69, 9.17) is 34.8 Å². The molecule has 0 fully saturated rings. The number of benzene rings is 2. The highest BCUT2D eigenvalue weighted by molar-refractivity contribution is 7.92. The van der Waals surface area contributed by atoms with Gasteiger partial charge in [-0.3, -0.25) is 13.9 Å². The van der Waals surface area contributed by atoms with E-state index in [9.17, 15) is 18.0 Å². The molecule has 0 aliphatic heterocycles. The van der Waals surface area contributed by atoms with Crippen molar-refractivity contribution in [3.63, 3.8) is 0 Å². The molecule has 0 aromatic heterocycles. The quantitative estimate of drug-likeness (QED) is 0.393. The lowest BCUT2D eigenvalue weighted by Gasteiger charge is -2.33. The van der Waals surface area contributed by atoms with Crippen LogP contribution < -0.4 is 9.62 Å². The van der Waals surface area contributed by atoms with Crippen LogP contribution >= 0.6 is 34.8 Å². The van der Waals surface area contributed by atoms with Crippen molar-refractivity contribution < 1.29 is 18.0 Å². The average Bonchev–Trinajstić information content (AvgIpc) is 2.79. The Kier molecular flexibility index (Phi) is 10.9. The summed E-state index contributed by atoms with van der Waals surface area (Å²) in [5, 5.41) is 3.93. The maximum atomic E-state index is 13.7. The van der Waals surface area contributed by atoms with Crippen molar-refractivity contribution in [2.75, 3.05) is 23.7 Å². The average molecular weight is 577 g/mol.